The summed E-state index contributed by atoms with van der Waals surface area (Å²) in [5.74, 6) is 1.53. The highest BCUT2D eigenvalue weighted by Gasteiger charge is 2.27. The van der Waals surface area contributed by atoms with Crippen molar-refractivity contribution in [2.24, 2.45) is 0 Å². The zero-order valence-corrected chi connectivity index (χ0v) is 12.9. The summed E-state index contributed by atoms with van der Waals surface area (Å²) in [6.07, 6.45) is 1.65. The van der Waals surface area contributed by atoms with Gasteiger partial charge in [0.1, 0.15) is 5.75 Å². The standard InChI is InChI=1S/C13H16BrNO3S/c14-11-5-9-1-3-18-13(9)10(6-11)7-15-12-2-4-19(16,17)8-12/h5-6,12,15H,1-4,7-8H2/t12-/m1/s1. The van der Waals surface area contributed by atoms with E-state index in [9.17, 15) is 8.42 Å². The fraction of sp³-hybridized carbons (Fsp3) is 0.538. The van der Waals surface area contributed by atoms with E-state index in [1.807, 2.05) is 6.07 Å². The molecule has 1 atom stereocenters. The summed E-state index contributed by atoms with van der Waals surface area (Å²) >= 11 is 3.51. The van der Waals surface area contributed by atoms with Crippen molar-refractivity contribution in [3.63, 3.8) is 0 Å². The van der Waals surface area contributed by atoms with Crippen LogP contribution in [0, 0.1) is 0 Å². The maximum atomic E-state index is 11.4. The van der Waals surface area contributed by atoms with Crippen molar-refractivity contribution in [1.82, 2.24) is 5.32 Å². The van der Waals surface area contributed by atoms with Crippen molar-refractivity contribution in [3.05, 3.63) is 27.7 Å². The first-order valence-corrected chi connectivity index (χ1v) is 9.03. The summed E-state index contributed by atoms with van der Waals surface area (Å²) in [6, 6.07) is 4.20. The van der Waals surface area contributed by atoms with Gasteiger partial charge < -0.3 is 10.1 Å². The molecule has 0 bridgehead atoms. The Bertz CT molecular complexity index is 600. The summed E-state index contributed by atoms with van der Waals surface area (Å²) in [6.45, 7) is 1.39. The largest absolute Gasteiger partial charge is 0.493 e. The van der Waals surface area contributed by atoms with E-state index >= 15 is 0 Å². The first kappa shape index (κ1) is 13.4. The number of fused-ring (bicyclic) bond motifs is 1. The number of sulfone groups is 1. The van der Waals surface area contributed by atoms with Crippen LogP contribution in [0.1, 0.15) is 17.5 Å². The van der Waals surface area contributed by atoms with E-state index in [4.69, 9.17) is 4.74 Å². The Kier molecular flexibility index (Phi) is 3.57. The fourth-order valence-corrected chi connectivity index (χ4v) is 4.95. The highest BCUT2D eigenvalue weighted by atomic mass is 79.9. The molecule has 2 aliphatic rings. The molecule has 104 valence electrons. The number of hydrogen-bond donors (Lipinski definition) is 1. The molecule has 0 saturated carbocycles. The molecule has 4 nitrogen and oxygen atoms in total. The molecule has 1 fully saturated rings. The van der Waals surface area contributed by atoms with Gasteiger partial charge in [-0.15, -0.1) is 0 Å². The number of nitrogens with one attached hydrogen (secondary N) is 1. The van der Waals surface area contributed by atoms with E-state index in [1.165, 1.54) is 5.56 Å². The topological polar surface area (TPSA) is 55.4 Å². The molecule has 1 N–H and O–H groups in total. The lowest BCUT2D eigenvalue weighted by Gasteiger charge is -2.13. The highest BCUT2D eigenvalue weighted by molar-refractivity contribution is 9.10. The van der Waals surface area contributed by atoms with Crippen LogP contribution >= 0.6 is 15.9 Å². The second-order valence-electron chi connectivity index (χ2n) is 5.13. The molecule has 0 aromatic heterocycles. The molecule has 0 amide bonds. The molecule has 0 spiro atoms. The van der Waals surface area contributed by atoms with Crippen LogP contribution in [0.3, 0.4) is 0 Å². The fourth-order valence-electron chi connectivity index (χ4n) is 2.69. The molecular weight excluding hydrogens is 330 g/mol. The lowest BCUT2D eigenvalue weighted by atomic mass is 10.1. The third kappa shape index (κ3) is 2.95. The minimum Gasteiger partial charge on any atom is -0.493 e. The zero-order valence-electron chi connectivity index (χ0n) is 10.5. The van der Waals surface area contributed by atoms with Crippen molar-refractivity contribution in [3.8, 4) is 5.75 Å². The van der Waals surface area contributed by atoms with Gasteiger partial charge in [0.2, 0.25) is 0 Å². The van der Waals surface area contributed by atoms with E-state index < -0.39 is 9.84 Å². The number of hydrogen-bond acceptors (Lipinski definition) is 4. The predicted octanol–water partition coefficient (Wildman–Crippen LogP) is 1.66. The van der Waals surface area contributed by atoms with E-state index in [2.05, 4.69) is 27.3 Å². The maximum Gasteiger partial charge on any atom is 0.151 e. The van der Waals surface area contributed by atoms with Crippen molar-refractivity contribution in [2.75, 3.05) is 18.1 Å². The Balaban J connectivity index is 1.71. The smallest absolute Gasteiger partial charge is 0.151 e. The summed E-state index contributed by atoms with van der Waals surface area (Å²) in [5, 5.41) is 3.33. The van der Waals surface area contributed by atoms with Crippen LogP contribution in [-0.4, -0.2) is 32.6 Å². The van der Waals surface area contributed by atoms with Crippen molar-refractivity contribution in [1.29, 1.82) is 0 Å². The van der Waals surface area contributed by atoms with E-state index in [0.29, 0.717) is 18.7 Å². The maximum absolute atomic E-state index is 11.4. The van der Waals surface area contributed by atoms with Gasteiger partial charge >= 0.3 is 0 Å². The van der Waals surface area contributed by atoms with Crippen LogP contribution in [0.4, 0.5) is 0 Å². The predicted molar refractivity (Wildman–Crippen MR) is 77.2 cm³/mol. The number of ether oxygens (including phenoxy) is 1. The van der Waals surface area contributed by atoms with Crippen molar-refractivity contribution in [2.45, 2.75) is 25.4 Å². The molecule has 6 heteroatoms. The minimum atomic E-state index is -2.82. The molecule has 1 aromatic carbocycles. The Labute approximate surface area is 121 Å². The zero-order chi connectivity index (χ0) is 13.5. The molecule has 3 rings (SSSR count). The van der Waals surface area contributed by atoms with Gasteiger partial charge in [0.25, 0.3) is 0 Å². The van der Waals surface area contributed by atoms with Gasteiger partial charge in [-0.25, -0.2) is 8.42 Å². The van der Waals surface area contributed by atoms with Gasteiger partial charge in [-0.2, -0.15) is 0 Å². The Morgan fingerprint density at radius 2 is 2.26 bits per heavy atom. The summed E-state index contributed by atoms with van der Waals surface area (Å²) < 4.78 is 29.6. The van der Waals surface area contributed by atoms with Crippen LogP contribution < -0.4 is 10.1 Å². The molecular formula is C13H16BrNO3S. The Hall–Kier alpha value is -0.590. The van der Waals surface area contributed by atoms with E-state index in [0.717, 1.165) is 28.8 Å². The van der Waals surface area contributed by atoms with Crippen LogP contribution in [-0.2, 0) is 22.8 Å². The van der Waals surface area contributed by atoms with Gasteiger partial charge in [-0.3, -0.25) is 0 Å². The second kappa shape index (κ2) is 5.07. The van der Waals surface area contributed by atoms with Gasteiger partial charge in [0.15, 0.2) is 9.84 Å². The molecule has 1 saturated heterocycles. The molecule has 19 heavy (non-hydrogen) atoms. The minimum absolute atomic E-state index is 0.0704. The van der Waals surface area contributed by atoms with Crippen molar-refractivity contribution < 1.29 is 13.2 Å². The third-order valence-electron chi connectivity index (χ3n) is 3.64. The molecule has 0 unspecified atom stereocenters. The highest BCUT2D eigenvalue weighted by Crippen LogP contribution is 2.33. The summed E-state index contributed by atoms with van der Waals surface area (Å²) in [5.41, 5.74) is 2.33. The van der Waals surface area contributed by atoms with E-state index in [-0.39, 0.29) is 11.8 Å². The van der Waals surface area contributed by atoms with Crippen molar-refractivity contribution >= 4 is 25.8 Å². The third-order valence-corrected chi connectivity index (χ3v) is 5.86. The van der Waals surface area contributed by atoms with E-state index in [1.54, 1.807) is 0 Å². The summed E-state index contributed by atoms with van der Waals surface area (Å²) in [7, 11) is -2.82. The monoisotopic (exact) mass is 345 g/mol. The normalized spacial score (nSPS) is 24.2. The first-order chi connectivity index (χ1) is 9.03. The average molecular weight is 346 g/mol. The average Bonchev–Trinajstić information content (AvgIpc) is 2.92. The molecule has 0 aliphatic carbocycles. The number of rotatable bonds is 3. The first-order valence-electron chi connectivity index (χ1n) is 6.41. The molecule has 2 heterocycles. The van der Waals surface area contributed by atoms with Gasteiger partial charge in [0.05, 0.1) is 18.1 Å². The lowest BCUT2D eigenvalue weighted by Crippen LogP contribution is -2.29. The van der Waals surface area contributed by atoms with Gasteiger partial charge in [-0.05, 0) is 24.1 Å². The number of halogens is 1. The number of benzene rings is 1. The molecule has 0 radical (unpaired) electrons. The lowest BCUT2D eigenvalue weighted by molar-refractivity contribution is 0.351. The van der Waals surface area contributed by atoms with Crippen LogP contribution in [0.2, 0.25) is 0 Å². The molecule has 2 aliphatic heterocycles. The Morgan fingerprint density at radius 1 is 1.42 bits per heavy atom. The Morgan fingerprint density at radius 3 is 3.00 bits per heavy atom. The quantitative estimate of drug-likeness (QED) is 0.905. The summed E-state index contributed by atoms with van der Waals surface area (Å²) in [4.78, 5) is 0. The van der Waals surface area contributed by atoms with Crippen LogP contribution in [0.5, 0.6) is 5.75 Å². The van der Waals surface area contributed by atoms with Crippen LogP contribution in [0.15, 0.2) is 16.6 Å². The van der Waals surface area contributed by atoms with Crippen LogP contribution in [0.25, 0.3) is 0 Å². The van der Waals surface area contributed by atoms with Gasteiger partial charge in [-0.1, -0.05) is 15.9 Å². The second-order valence-corrected chi connectivity index (χ2v) is 8.28. The SMILES string of the molecule is O=S1(=O)CC[C@@H](NCc2cc(Br)cc3c2OCC3)C1. The molecule has 1 aromatic rings. The van der Waals surface area contributed by atoms with Gasteiger partial charge in [0, 0.05) is 29.0 Å².